The molecule has 3 saturated carbocycles. The van der Waals surface area contributed by atoms with Gasteiger partial charge >= 0.3 is 0 Å². The normalized spacial score (nSPS) is 31.2. The zero-order chi connectivity index (χ0) is 18.2. The van der Waals surface area contributed by atoms with Crippen molar-refractivity contribution in [1.82, 2.24) is 0 Å². The average molecular weight is 389 g/mol. The van der Waals surface area contributed by atoms with Crippen molar-refractivity contribution in [3.05, 3.63) is 24.6 Å². The second-order valence-electron chi connectivity index (χ2n) is 9.97. The van der Waals surface area contributed by atoms with Crippen LogP contribution in [-0.2, 0) is 0 Å². The van der Waals surface area contributed by atoms with E-state index in [1.54, 1.807) is 18.5 Å². The lowest BCUT2D eigenvalue weighted by Crippen LogP contribution is -2.31. The maximum atomic E-state index is 4.34. The van der Waals surface area contributed by atoms with Gasteiger partial charge in [-0.25, -0.2) is 0 Å². The molecule has 2 heteroatoms. The van der Waals surface area contributed by atoms with Crippen LogP contribution in [0.4, 0.5) is 0 Å². The summed E-state index contributed by atoms with van der Waals surface area (Å²) < 4.78 is 0. The monoisotopic (exact) mass is 388 g/mol. The molecule has 4 atom stereocenters. The van der Waals surface area contributed by atoms with Gasteiger partial charge in [0.25, 0.3) is 0 Å². The van der Waals surface area contributed by atoms with E-state index in [0.717, 1.165) is 22.9 Å². The highest BCUT2D eigenvalue weighted by atomic mass is 28.3. The van der Waals surface area contributed by atoms with Crippen LogP contribution in [0.3, 0.4) is 0 Å². The molecule has 0 radical (unpaired) electrons. The van der Waals surface area contributed by atoms with Gasteiger partial charge in [-0.15, -0.1) is 24.6 Å². The molecule has 4 unspecified atom stereocenters. The third-order valence-electron chi connectivity index (χ3n) is 8.23. The maximum Gasteiger partial charge on any atom is 0.0640 e. The van der Waals surface area contributed by atoms with Crippen molar-refractivity contribution in [3.63, 3.8) is 0 Å². The van der Waals surface area contributed by atoms with Gasteiger partial charge in [0.1, 0.15) is 0 Å². The molecule has 3 fully saturated rings. The van der Waals surface area contributed by atoms with E-state index < -0.39 is 17.6 Å². The highest BCUT2D eigenvalue weighted by Gasteiger charge is 2.33. The minimum absolute atomic E-state index is 0.752. The predicted molar refractivity (Wildman–Crippen MR) is 123 cm³/mol. The van der Waals surface area contributed by atoms with E-state index in [-0.39, 0.29) is 0 Å². The van der Waals surface area contributed by atoms with Gasteiger partial charge in [0, 0.05) is 0 Å². The highest BCUT2D eigenvalue weighted by molar-refractivity contribution is 6.67. The second-order valence-corrected chi connectivity index (χ2v) is 16.4. The molecule has 148 valence electrons. The predicted octanol–water partition coefficient (Wildman–Crippen LogP) is 7.37. The first-order chi connectivity index (χ1) is 12.8. The minimum Gasteiger partial charge on any atom is -0.107 e. The summed E-state index contributed by atoms with van der Waals surface area (Å²) in [5, 5.41) is 0. The average Bonchev–Trinajstić information content (AvgIpc) is 2.72. The summed E-state index contributed by atoms with van der Waals surface area (Å²) in [6, 6.07) is 3.17. The molecule has 0 heterocycles. The van der Waals surface area contributed by atoms with Gasteiger partial charge in [-0.3, -0.25) is 0 Å². The summed E-state index contributed by atoms with van der Waals surface area (Å²) in [5.41, 5.74) is 7.14. The molecule has 0 saturated heterocycles. The van der Waals surface area contributed by atoms with Crippen LogP contribution in [-0.4, -0.2) is 17.6 Å². The third-order valence-corrected chi connectivity index (χ3v) is 15.5. The Hall–Kier alpha value is -0.0862. The summed E-state index contributed by atoms with van der Waals surface area (Å²) >= 11 is 0. The molecule has 3 aliphatic rings. The lowest BCUT2D eigenvalue weighted by atomic mass is 9.91. The van der Waals surface area contributed by atoms with Crippen LogP contribution in [0.2, 0.25) is 23.2 Å². The Morgan fingerprint density at radius 3 is 1.38 bits per heavy atom. The molecule has 0 amide bonds. The summed E-state index contributed by atoms with van der Waals surface area (Å²) in [6.45, 7) is 8.68. The van der Waals surface area contributed by atoms with Gasteiger partial charge in [0.05, 0.1) is 17.6 Å². The van der Waals surface area contributed by atoms with Crippen molar-refractivity contribution in [3.8, 4) is 0 Å². The molecular formula is C24H44Si2. The Morgan fingerprint density at radius 2 is 1.00 bits per heavy atom. The van der Waals surface area contributed by atoms with Gasteiger partial charge < -0.3 is 0 Å². The van der Waals surface area contributed by atoms with Crippen molar-refractivity contribution in [2.45, 2.75) is 113 Å². The zero-order valence-corrected chi connectivity index (χ0v) is 19.7. The van der Waals surface area contributed by atoms with Gasteiger partial charge in [-0.2, -0.15) is 0 Å². The molecule has 0 aromatic carbocycles. The van der Waals surface area contributed by atoms with Crippen LogP contribution in [0, 0.1) is 11.8 Å². The van der Waals surface area contributed by atoms with E-state index in [9.17, 15) is 0 Å². The summed E-state index contributed by atoms with van der Waals surface area (Å²) in [6.07, 6.45) is 21.3. The van der Waals surface area contributed by atoms with Crippen LogP contribution in [0.1, 0.15) is 89.9 Å². The Morgan fingerprint density at radius 1 is 0.577 bits per heavy atom. The van der Waals surface area contributed by atoms with Gasteiger partial charge in [0.15, 0.2) is 0 Å². The smallest absolute Gasteiger partial charge is 0.0640 e. The fourth-order valence-electron chi connectivity index (χ4n) is 6.62. The molecular weight excluding hydrogens is 344 g/mol. The lowest BCUT2D eigenvalue weighted by Gasteiger charge is -2.38. The first kappa shape index (κ1) is 20.6. The molecule has 0 aromatic rings. The maximum absolute atomic E-state index is 4.34. The van der Waals surface area contributed by atoms with E-state index >= 15 is 0 Å². The number of rotatable bonds is 8. The second kappa shape index (κ2) is 11.0. The van der Waals surface area contributed by atoms with E-state index in [1.165, 1.54) is 83.5 Å². The molecule has 0 bridgehead atoms. The SMILES string of the molecule is C=C[SiH](CC1CCCCC1)C1CCCC([SiH](C=C)CC2CCCCC2)C1. The molecule has 0 nitrogen and oxygen atoms in total. The van der Waals surface area contributed by atoms with Crippen LogP contribution in [0.5, 0.6) is 0 Å². The molecule has 0 aliphatic heterocycles. The molecule has 3 aliphatic carbocycles. The van der Waals surface area contributed by atoms with Gasteiger partial charge in [-0.05, 0) is 22.9 Å². The molecule has 0 aromatic heterocycles. The number of hydrogen-bond acceptors (Lipinski definition) is 0. The molecule has 0 spiro atoms. The van der Waals surface area contributed by atoms with Crippen molar-refractivity contribution >= 4 is 17.6 Å². The highest BCUT2D eigenvalue weighted by Crippen LogP contribution is 2.45. The van der Waals surface area contributed by atoms with E-state index in [4.69, 9.17) is 0 Å². The zero-order valence-electron chi connectivity index (χ0n) is 17.3. The first-order valence-electron chi connectivity index (χ1n) is 12.0. The Labute approximate surface area is 167 Å². The van der Waals surface area contributed by atoms with Crippen LogP contribution in [0.15, 0.2) is 24.6 Å². The van der Waals surface area contributed by atoms with E-state index in [1.807, 2.05) is 0 Å². The third kappa shape index (κ3) is 5.96. The van der Waals surface area contributed by atoms with Crippen molar-refractivity contribution in [1.29, 1.82) is 0 Å². The Kier molecular flexibility index (Phi) is 8.77. The number of hydrogen-bond donors (Lipinski definition) is 0. The van der Waals surface area contributed by atoms with Gasteiger partial charge in [-0.1, -0.05) is 102 Å². The minimum atomic E-state index is -0.752. The standard InChI is InChI=1S/C24H44Si2/c1-3-25(19-21-12-7-5-8-13-21)23-16-11-17-24(18-23)26(4-2)20-22-14-9-6-10-15-22/h3-4,21-26H,1-2,5-20H2. The van der Waals surface area contributed by atoms with E-state index in [0.29, 0.717) is 0 Å². The fraction of sp³-hybridized carbons (Fsp3) is 0.833. The topological polar surface area (TPSA) is 0 Å². The summed E-state index contributed by atoms with van der Waals surface area (Å²) in [7, 11) is -1.50. The Bertz CT molecular complexity index is 382. The quantitative estimate of drug-likeness (QED) is 0.381. The van der Waals surface area contributed by atoms with Crippen molar-refractivity contribution < 1.29 is 0 Å². The van der Waals surface area contributed by atoms with E-state index in [2.05, 4.69) is 24.6 Å². The van der Waals surface area contributed by atoms with Crippen molar-refractivity contribution in [2.75, 3.05) is 0 Å². The van der Waals surface area contributed by atoms with Gasteiger partial charge in [0.2, 0.25) is 0 Å². The summed E-state index contributed by atoms with van der Waals surface area (Å²) in [4.78, 5) is 0. The van der Waals surface area contributed by atoms with Crippen LogP contribution < -0.4 is 0 Å². The molecule has 26 heavy (non-hydrogen) atoms. The largest absolute Gasteiger partial charge is 0.107 e. The molecule has 3 rings (SSSR count). The lowest BCUT2D eigenvalue weighted by molar-refractivity contribution is 0.377. The van der Waals surface area contributed by atoms with Crippen LogP contribution in [0.25, 0.3) is 0 Å². The fourth-order valence-corrected chi connectivity index (χ4v) is 14.1. The first-order valence-corrected chi connectivity index (χ1v) is 16.3. The Balaban J connectivity index is 1.53. The summed E-state index contributed by atoms with van der Waals surface area (Å²) in [5.74, 6) is 2.13. The van der Waals surface area contributed by atoms with Crippen molar-refractivity contribution in [2.24, 2.45) is 11.8 Å². The molecule has 0 N–H and O–H groups in total. The van der Waals surface area contributed by atoms with Crippen LogP contribution >= 0.6 is 0 Å².